The van der Waals surface area contributed by atoms with Crippen molar-refractivity contribution < 1.29 is 23.5 Å². The molecule has 0 bridgehead atoms. The monoisotopic (exact) mass is 496 g/mol. The van der Waals surface area contributed by atoms with Crippen LogP contribution in [0.25, 0.3) is 10.2 Å². The van der Waals surface area contributed by atoms with Gasteiger partial charge in [-0.1, -0.05) is 16.5 Å². The van der Waals surface area contributed by atoms with Crippen molar-refractivity contribution in [2.24, 2.45) is 5.16 Å². The van der Waals surface area contributed by atoms with Gasteiger partial charge in [-0.25, -0.2) is 9.78 Å². The molecule has 1 unspecified atom stereocenters. The molecule has 0 aliphatic heterocycles. The molecule has 0 spiro atoms. The number of pyridine rings is 1. The third-order valence-corrected chi connectivity index (χ3v) is 5.63. The van der Waals surface area contributed by atoms with Crippen molar-refractivity contribution >= 4 is 39.0 Å². The topological polar surface area (TPSA) is 125 Å². The lowest BCUT2D eigenvalue weighted by Crippen LogP contribution is -2.34. The van der Waals surface area contributed by atoms with E-state index in [9.17, 15) is 4.79 Å². The van der Waals surface area contributed by atoms with Gasteiger partial charge in [-0.05, 0) is 56.7 Å². The van der Waals surface area contributed by atoms with Gasteiger partial charge in [0.2, 0.25) is 12.5 Å². The second-order valence-corrected chi connectivity index (χ2v) is 9.38. The summed E-state index contributed by atoms with van der Waals surface area (Å²) in [5.74, 6) is 0.779. The molecule has 0 radical (unpaired) electrons. The van der Waals surface area contributed by atoms with Crippen molar-refractivity contribution in [3.8, 4) is 5.75 Å². The number of benzene rings is 1. The summed E-state index contributed by atoms with van der Waals surface area (Å²) in [7, 11) is 3.09. The molecule has 0 N–H and O–H groups in total. The van der Waals surface area contributed by atoms with Gasteiger partial charge in [-0.2, -0.15) is 0 Å². The first-order valence-corrected chi connectivity index (χ1v) is 11.4. The number of rotatable bonds is 7. The third kappa shape index (κ3) is 5.90. The van der Waals surface area contributed by atoms with Gasteiger partial charge in [0.1, 0.15) is 18.5 Å². The van der Waals surface area contributed by atoms with Crippen LogP contribution < -0.4 is 9.64 Å². The average molecular weight is 497 g/mol. The van der Waals surface area contributed by atoms with Gasteiger partial charge in [0.15, 0.2) is 5.13 Å². The molecule has 0 saturated carbocycles. The highest BCUT2D eigenvalue weighted by Gasteiger charge is 2.25. The van der Waals surface area contributed by atoms with Crippen molar-refractivity contribution in [1.29, 1.82) is 0 Å². The first kappa shape index (κ1) is 24.1. The van der Waals surface area contributed by atoms with Crippen molar-refractivity contribution in [2.75, 3.05) is 19.1 Å². The van der Waals surface area contributed by atoms with Crippen LogP contribution in [0.4, 0.5) is 9.93 Å². The number of amides is 1. The highest BCUT2D eigenvalue weighted by Crippen LogP contribution is 2.34. The summed E-state index contributed by atoms with van der Waals surface area (Å²) >= 11 is 1.34. The number of hydrogen-bond donors (Lipinski definition) is 0. The molecule has 182 valence electrons. The molecule has 3 aromatic heterocycles. The van der Waals surface area contributed by atoms with Crippen LogP contribution in [0, 0.1) is 0 Å². The number of fused-ring (bicyclic) bond motifs is 1. The Morgan fingerprint density at radius 3 is 2.80 bits per heavy atom. The first-order chi connectivity index (χ1) is 16.7. The molecule has 11 nitrogen and oxygen atoms in total. The second-order valence-electron chi connectivity index (χ2n) is 8.37. The summed E-state index contributed by atoms with van der Waals surface area (Å²) in [4.78, 5) is 27.5. The second kappa shape index (κ2) is 10.1. The molecule has 3 heterocycles. The maximum atomic E-state index is 12.4. The summed E-state index contributed by atoms with van der Waals surface area (Å²) < 4.78 is 17.9. The van der Waals surface area contributed by atoms with Crippen molar-refractivity contribution in [3.05, 3.63) is 60.1 Å². The number of oxime groups is 1. The molecule has 35 heavy (non-hydrogen) atoms. The number of nitrogens with zero attached hydrogens (tertiary/aromatic N) is 6. The Kier molecular flexibility index (Phi) is 6.92. The van der Waals surface area contributed by atoms with Gasteiger partial charge in [0.05, 0.1) is 22.1 Å². The van der Waals surface area contributed by atoms with E-state index in [0.717, 1.165) is 15.8 Å². The molecule has 1 amide bonds. The maximum absolute atomic E-state index is 12.4. The van der Waals surface area contributed by atoms with Crippen molar-refractivity contribution in [1.82, 2.24) is 20.2 Å². The molecule has 0 fully saturated rings. The predicted molar refractivity (Wildman–Crippen MR) is 130 cm³/mol. The van der Waals surface area contributed by atoms with E-state index in [1.165, 1.54) is 29.7 Å². The minimum Gasteiger partial charge on any atom is -0.474 e. The van der Waals surface area contributed by atoms with Gasteiger partial charge in [0.25, 0.3) is 5.89 Å². The van der Waals surface area contributed by atoms with Crippen molar-refractivity contribution in [2.45, 2.75) is 32.5 Å². The Morgan fingerprint density at radius 2 is 2.09 bits per heavy atom. The molecule has 4 rings (SSSR count). The van der Waals surface area contributed by atoms with Crippen LogP contribution in [-0.4, -0.2) is 52.2 Å². The van der Waals surface area contributed by atoms with E-state index >= 15 is 0 Å². The summed E-state index contributed by atoms with van der Waals surface area (Å²) in [5, 5.41) is 12.1. The van der Waals surface area contributed by atoms with Gasteiger partial charge >= 0.3 is 6.09 Å². The summed E-state index contributed by atoms with van der Waals surface area (Å²) in [5.41, 5.74) is 1.42. The number of hydrogen-bond acceptors (Lipinski definition) is 11. The van der Waals surface area contributed by atoms with Gasteiger partial charge in [-0.15, -0.1) is 10.2 Å². The zero-order valence-electron chi connectivity index (χ0n) is 19.8. The minimum absolute atomic E-state index is 0.244. The van der Waals surface area contributed by atoms with E-state index in [1.807, 2.05) is 32.9 Å². The largest absolute Gasteiger partial charge is 0.474 e. The molecular formula is C23H24N6O5S. The standard InChI is InChI=1S/C23H24N6O5S/c1-23(2,3)34-22(30)29(4)21-27-16-7-6-15(11-18(16)35-21)33-19(20-28-25-13-32-20)17-10-14(8-9-24-17)12-26-31-5/h6-13,19H,1-5H3/b26-12+. The number of anilines is 1. The van der Waals surface area contributed by atoms with E-state index in [0.29, 0.717) is 16.6 Å². The van der Waals surface area contributed by atoms with Crippen LogP contribution in [0.1, 0.15) is 44.0 Å². The Hall–Kier alpha value is -4.06. The lowest BCUT2D eigenvalue weighted by atomic mass is 10.1. The molecular weight excluding hydrogens is 472 g/mol. The average Bonchev–Trinajstić information content (AvgIpc) is 3.49. The summed E-state index contributed by atoms with van der Waals surface area (Å²) in [6.45, 7) is 5.44. The lowest BCUT2D eigenvalue weighted by molar-refractivity contribution is 0.0589. The van der Waals surface area contributed by atoms with E-state index in [1.54, 1.807) is 37.7 Å². The summed E-state index contributed by atoms with van der Waals surface area (Å²) in [6.07, 6.45) is 3.18. The normalized spacial score (nSPS) is 12.6. The molecule has 1 atom stereocenters. The zero-order valence-corrected chi connectivity index (χ0v) is 20.6. The predicted octanol–water partition coefficient (Wildman–Crippen LogP) is 4.59. The number of aromatic nitrogens is 4. The fourth-order valence-electron chi connectivity index (χ4n) is 2.99. The SMILES string of the molecule is CO/N=C/c1ccnc(C(Oc2ccc3nc(N(C)C(=O)OC(C)(C)C)sc3c2)c2nnco2)c1. The molecule has 0 aliphatic carbocycles. The third-order valence-electron chi connectivity index (χ3n) is 4.54. The fourth-order valence-corrected chi connectivity index (χ4v) is 3.94. The van der Waals surface area contributed by atoms with E-state index in [-0.39, 0.29) is 5.89 Å². The van der Waals surface area contributed by atoms with Crippen molar-refractivity contribution in [3.63, 3.8) is 0 Å². The molecule has 0 aliphatic rings. The van der Waals surface area contributed by atoms with Crippen LogP contribution >= 0.6 is 11.3 Å². The van der Waals surface area contributed by atoms with Crippen LogP contribution in [0.2, 0.25) is 0 Å². The molecule has 12 heteroatoms. The van der Waals surface area contributed by atoms with Crippen LogP contribution in [-0.2, 0) is 9.57 Å². The lowest BCUT2D eigenvalue weighted by Gasteiger charge is -2.23. The minimum atomic E-state index is -0.761. The highest BCUT2D eigenvalue weighted by molar-refractivity contribution is 7.22. The van der Waals surface area contributed by atoms with Gasteiger partial charge in [0, 0.05) is 13.2 Å². The van der Waals surface area contributed by atoms with E-state index in [2.05, 4.69) is 25.3 Å². The Balaban J connectivity index is 1.61. The van der Waals surface area contributed by atoms with E-state index < -0.39 is 17.8 Å². The molecule has 0 saturated heterocycles. The summed E-state index contributed by atoms with van der Waals surface area (Å²) in [6, 6.07) is 8.99. The van der Waals surface area contributed by atoms with E-state index in [4.69, 9.17) is 18.7 Å². The fraction of sp³-hybridized carbons (Fsp3) is 0.304. The van der Waals surface area contributed by atoms with Crippen LogP contribution in [0.5, 0.6) is 5.75 Å². The number of carbonyl (C=O) groups excluding carboxylic acids is 1. The number of ether oxygens (including phenoxy) is 2. The number of thiazole rings is 1. The van der Waals surface area contributed by atoms with Crippen LogP contribution in [0.15, 0.2) is 52.5 Å². The maximum Gasteiger partial charge on any atom is 0.416 e. The zero-order chi connectivity index (χ0) is 25.0. The molecule has 1 aromatic carbocycles. The Labute approximate surface area is 205 Å². The van der Waals surface area contributed by atoms with Gasteiger partial charge in [-0.3, -0.25) is 9.88 Å². The first-order valence-electron chi connectivity index (χ1n) is 10.6. The smallest absolute Gasteiger partial charge is 0.416 e. The van der Waals surface area contributed by atoms with Gasteiger partial charge < -0.3 is 18.7 Å². The Bertz CT molecular complexity index is 1330. The Morgan fingerprint density at radius 1 is 1.26 bits per heavy atom. The quantitative estimate of drug-likeness (QED) is 0.267. The number of carbonyl (C=O) groups is 1. The highest BCUT2D eigenvalue weighted by atomic mass is 32.1. The molecule has 4 aromatic rings. The van der Waals surface area contributed by atoms with Crippen LogP contribution in [0.3, 0.4) is 0 Å².